The normalized spacial score (nSPS) is 10.6. The Morgan fingerprint density at radius 3 is 2.71 bits per heavy atom. The molecule has 0 fully saturated rings. The summed E-state index contributed by atoms with van der Waals surface area (Å²) in [6.45, 7) is -0.814. The number of rotatable bonds is 6. The summed E-state index contributed by atoms with van der Waals surface area (Å²) in [5.74, 6) is 0.0298. The zero-order valence-corrected chi connectivity index (χ0v) is 18.4. The quantitative estimate of drug-likeness (QED) is 0.314. The van der Waals surface area contributed by atoms with Gasteiger partial charge >= 0.3 is 0 Å². The molecular formula is C15H12F3INO2SY-. The number of alkyl halides is 2. The van der Waals surface area contributed by atoms with Crippen molar-refractivity contribution in [3.05, 3.63) is 50.1 Å². The van der Waals surface area contributed by atoms with E-state index in [1.165, 1.54) is 30.0 Å². The molecule has 0 saturated heterocycles. The maximum atomic E-state index is 14.3. The van der Waals surface area contributed by atoms with Crippen LogP contribution >= 0.6 is 34.4 Å². The Labute approximate surface area is 180 Å². The van der Waals surface area contributed by atoms with Crippen LogP contribution in [0.2, 0.25) is 0 Å². The van der Waals surface area contributed by atoms with Gasteiger partial charge in [0.2, 0.25) is 5.56 Å². The van der Waals surface area contributed by atoms with Crippen LogP contribution in [-0.2, 0) is 39.3 Å². The Morgan fingerprint density at radius 1 is 1.42 bits per heavy atom. The summed E-state index contributed by atoms with van der Waals surface area (Å²) in [7, 11) is 0. The van der Waals surface area contributed by atoms with E-state index in [9.17, 15) is 18.0 Å². The molecule has 1 aromatic heterocycles. The molecule has 3 nitrogen and oxygen atoms in total. The van der Waals surface area contributed by atoms with Gasteiger partial charge in [-0.1, -0.05) is 11.3 Å². The Morgan fingerprint density at radius 2 is 2.12 bits per heavy atom. The number of hydrogen-bond donors (Lipinski definition) is 0. The molecule has 1 heterocycles. The van der Waals surface area contributed by atoms with Gasteiger partial charge in [-0.05, 0) is 15.9 Å². The molecule has 0 aliphatic heterocycles. The van der Waals surface area contributed by atoms with Crippen molar-refractivity contribution < 1.29 is 50.6 Å². The number of pyridine rings is 1. The van der Waals surface area contributed by atoms with Crippen LogP contribution in [-0.4, -0.2) is 23.2 Å². The van der Waals surface area contributed by atoms with Gasteiger partial charge in [-0.2, -0.15) is 12.1 Å². The van der Waals surface area contributed by atoms with Crippen molar-refractivity contribution in [1.82, 2.24) is 4.57 Å². The molecule has 0 saturated carbocycles. The van der Waals surface area contributed by atoms with Crippen LogP contribution in [0.3, 0.4) is 0 Å². The molecule has 2 aromatic rings. The maximum Gasteiger partial charge on any atom is 0.256 e. The summed E-state index contributed by atoms with van der Waals surface area (Å²) in [6.07, 6.45) is -0.890. The number of hydrogen-bond acceptors (Lipinski definition) is 3. The Bertz CT molecular complexity index is 758. The zero-order valence-electron chi connectivity index (χ0n) is 12.6. The Hall–Kier alpha value is -0.0561. The summed E-state index contributed by atoms with van der Waals surface area (Å²) in [5, 5.41) is 0. The van der Waals surface area contributed by atoms with Gasteiger partial charge in [-0.15, -0.1) is 40.4 Å². The van der Waals surface area contributed by atoms with Crippen LogP contribution in [0.15, 0.2) is 29.1 Å². The third kappa shape index (κ3) is 5.47. The Balaban J connectivity index is 0.00000288. The van der Waals surface area contributed by atoms with Gasteiger partial charge in [0.15, 0.2) is 0 Å². The number of nitrogens with zero attached hydrogens (tertiary/aromatic N) is 1. The van der Waals surface area contributed by atoms with Crippen LogP contribution in [0.25, 0.3) is 11.3 Å². The second kappa shape index (κ2) is 10.2. The number of ether oxygens (including phenoxy) is 1. The molecule has 0 bridgehead atoms. The van der Waals surface area contributed by atoms with Crippen LogP contribution < -0.4 is 10.3 Å². The molecule has 0 aliphatic rings. The second-order valence-corrected chi connectivity index (χ2v) is 6.46. The van der Waals surface area contributed by atoms with Crippen molar-refractivity contribution in [2.24, 2.45) is 0 Å². The molecular weight excluding hydrogens is 531 g/mol. The number of benzene rings is 1. The van der Waals surface area contributed by atoms with Crippen molar-refractivity contribution in [2.45, 2.75) is 13.0 Å². The van der Waals surface area contributed by atoms with Crippen molar-refractivity contribution in [3.63, 3.8) is 0 Å². The summed E-state index contributed by atoms with van der Waals surface area (Å²) >= 11 is 3.17. The van der Waals surface area contributed by atoms with Crippen molar-refractivity contribution in [3.8, 4) is 17.0 Å². The summed E-state index contributed by atoms with van der Waals surface area (Å²) < 4.78 is 46.2. The van der Waals surface area contributed by atoms with E-state index < -0.39 is 24.3 Å². The van der Waals surface area contributed by atoms with E-state index >= 15 is 0 Å². The fourth-order valence-electron chi connectivity index (χ4n) is 1.94. The van der Waals surface area contributed by atoms with Gasteiger partial charge < -0.3 is 9.30 Å². The van der Waals surface area contributed by atoms with Gasteiger partial charge in [-0.3, -0.25) is 4.79 Å². The molecule has 1 aromatic carbocycles. The first-order valence-electron chi connectivity index (χ1n) is 6.45. The monoisotopic (exact) mass is 543 g/mol. The summed E-state index contributed by atoms with van der Waals surface area (Å²) in [6, 6.07) is 8.15. The maximum absolute atomic E-state index is 14.3. The molecule has 0 aliphatic carbocycles. The van der Waals surface area contributed by atoms with E-state index in [0.717, 1.165) is 10.6 Å². The van der Waals surface area contributed by atoms with Gasteiger partial charge in [-0.25, -0.2) is 13.2 Å². The van der Waals surface area contributed by atoms with Gasteiger partial charge in [0.05, 0.1) is 12.4 Å². The number of halogens is 4. The zero-order chi connectivity index (χ0) is 17.0. The van der Waals surface area contributed by atoms with Crippen molar-refractivity contribution in [1.29, 1.82) is 0 Å². The first-order valence-corrected chi connectivity index (χ1v) is 8.92. The summed E-state index contributed by atoms with van der Waals surface area (Å²) in [5.41, 5.74) is -0.581. The van der Waals surface area contributed by atoms with Gasteiger partial charge in [0, 0.05) is 38.8 Å². The largest absolute Gasteiger partial charge is 0.483 e. The van der Waals surface area contributed by atoms with E-state index in [4.69, 9.17) is 4.74 Å². The van der Waals surface area contributed by atoms with E-state index in [1.54, 1.807) is 22.6 Å². The van der Waals surface area contributed by atoms with E-state index in [2.05, 4.69) is 6.07 Å². The molecule has 0 amide bonds. The first-order chi connectivity index (χ1) is 10.9. The molecule has 0 unspecified atom stereocenters. The third-order valence-electron chi connectivity index (χ3n) is 2.91. The molecule has 0 N–H and O–H groups in total. The van der Waals surface area contributed by atoms with Crippen LogP contribution in [0.4, 0.5) is 13.2 Å². The van der Waals surface area contributed by atoms with Crippen LogP contribution in [0, 0.1) is 15.5 Å². The molecule has 0 spiro atoms. The van der Waals surface area contributed by atoms with E-state index in [0.29, 0.717) is 11.7 Å². The smallest absolute Gasteiger partial charge is 0.256 e. The molecule has 2 rings (SSSR count). The average Bonchev–Trinajstić information content (AvgIpc) is 2.50. The molecule has 9 heteroatoms. The molecule has 0 atom stereocenters. The minimum Gasteiger partial charge on any atom is -0.483 e. The molecule has 1 radical (unpaired) electrons. The van der Waals surface area contributed by atoms with Gasteiger partial charge in [0.1, 0.15) is 11.7 Å². The second-order valence-electron chi connectivity index (χ2n) is 4.48. The van der Waals surface area contributed by atoms with Crippen molar-refractivity contribution in [2.75, 3.05) is 12.2 Å². The van der Waals surface area contributed by atoms with Crippen molar-refractivity contribution >= 4 is 34.4 Å². The predicted molar refractivity (Wildman–Crippen MR) is 92.7 cm³/mol. The fraction of sp³-hybridized carbons (Fsp3) is 0.267. The first kappa shape index (κ1) is 22.0. The molecule has 24 heavy (non-hydrogen) atoms. The van der Waals surface area contributed by atoms with Crippen LogP contribution in [0.1, 0.15) is 0 Å². The topological polar surface area (TPSA) is 31.2 Å². The van der Waals surface area contributed by atoms with E-state index in [-0.39, 0.29) is 47.5 Å². The van der Waals surface area contributed by atoms with E-state index in [1.807, 2.05) is 6.26 Å². The predicted octanol–water partition coefficient (Wildman–Crippen LogP) is 4.02. The fourth-order valence-corrected chi connectivity index (χ4v) is 2.64. The minimum atomic E-state index is -2.73. The molecule has 127 valence electrons. The minimum absolute atomic E-state index is 0. The number of thioether (sulfide) groups is 1. The summed E-state index contributed by atoms with van der Waals surface area (Å²) in [4.78, 5) is 12.1. The standard InChI is InChI=1S/C15H12F3INO2S.Y/c1-23-8-22-9-2-3-10(11(16)6-9)13-5-4-12(19)15(21)20(13)7-14(17)18;/h2-4,6,14H,7-8H2,1H3;/q-1;. The van der Waals surface area contributed by atoms with Crippen LogP contribution in [0.5, 0.6) is 5.75 Å². The number of aromatic nitrogens is 1. The van der Waals surface area contributed by atoms with Gasteiger partial charge in [0.25, 0.3) is 6.43 Å². The third-order valence-corrected chi connectivity index (χ3v) is 4.04. The average molecular weight is 543 g/mol. The Kier molecular flexibility index (Phi) is 9.33. The SMILES string of the molecule is CSCOc1ccc(-c2[c-]cc(I)c(=O)n2CC(F)F)c(F)c1.[Y].